The molecule has 0 amide bonds. The van der Waals surface area contributed by atoms with Crippen LogP contribution in [0.2, 0.25) is 4.94 Å². The monoisotopic (exact) mass is 217 g/mol. The maximum absolute atomic E-state index is 9.43. The van der Waals surface area contributed by atoms with Gasteiger partial charge in [0.05, 0.1) is 0 Å². The van der Waals surface area contributed by atoms with Crippen molar-refractivity contribution in [1.29, 1.82) is 0 Å². The Morgan fingerprint density at radius 2 is 2.50 bits per heavy atom. The van der Waals surface area contributed by atoms with E-state index in [1.807, 2.05) is 4.94 Å². The van der Waals surface area contributed by atoms with Crippen molar-refractivity contribution in [2.24, 2.45) is 0 Å². The first-order valence-corrected chi connectivity index (χ1v) is 8.18. The van der Waals surface area contributed by atoms with E-state index in [4.69, 9.17) is 0 Å². The Morgan fingerprint density at radius 3 is 2.50 bits per heavy atom. The number of rotatable bonds is 2. The van der Waals surface area contributed by atoms with Crippen molar-refractivity contribution in [2.45, 2.75) is 4.94 Å². The third kappa shape index (κ3) is 4.87. The van der Waals surface area contributed by atoms with Crippen molar-refractivity contribution in [1.82, 2.24) is 0 Å². The van der Waals surface area contributed by atoms with Gasteiger partial charge >= 0.3 is 49.1 Å². The summed E-state index contributed by atoms with van der Waals surface area (Å²) in [6.45, 7) is 0. The van der Waals surface area contributed by atoms with Gasteiger partial charge in [-0.1, -0.05) is 0 Å². The fraction of sp³-hybridized carbons (Fsp3) is 1.00. The van der Waals surface area contributed by atoms with Crippen LogP contribution in [-0.2, 0) is 13.9 Å². The SMILES string of the molecule is [CH3][SnH2][O]S(=O)[O-]. The second-order valence-corrected chi connectivity index (χ2v) is 4.92. The summed E-state index contributed by atoms with van der Waals surface area (Å²) in [4.78, 5) is 1.82. The van der Waals surface area contributed by atoms with Gasteiger partial charge in [0.2, 0.25) is 0 Å². The molecule has 0 aromatic carbocycles. The molecule has 38 valence electrons. The predicted octanol–water partition coefficient (Wildman–Crippen LogP) is -1.07. The fourth-order valence-electron chi connectivity index (χ4n) is 0.0962. The molecule has 0 aromatic heterocycles. The first-order chi connectivity index (χ1) is 2.77. The molecule has 5 heteroatoms. The molecule has 0 aromatic rings. The summed E-state index contributed by atoms with van der Waals surface area (Å²) < 4.78 is 23.0. The average Bonchev–Trinajstić information content (AvgIpc) is 1.35. The number of hydrogen-bond acceptors (Lipinski definition) is 3. The van der Waals surface area contributed by atoms with Gasteiger partial charge in [0.25, 0.3) is 0 Å². The van der Waals surface area contributed by atoms with Gasteiger partial charge in [0.15, 0.2) is 0 Å². The van der Waals surface area contributed by atoms with E-state index in [-0.39, 0.29) is 0 Å². The molecule has 0 bridgehead atoms. The molecule has 3 nitrogen and oxygen atoms in total. The van der Waals surface area contributed by atoms with Gasteiger partial charge in [-0.25, -0.2) is 0 Å². The molecule has 1 unspecified atom stereocenters. The van der Waals surface area contributed by atoms with Crippen molar-refractivity contribution in [3.05, 3.63) is 0 Å². The molecule has 0 heterocycles. The minimum atomic E-state index is -2.22. The Hall–Kier alpha value is 0.869. The van der Waals surface area contributed by atoms with Crippen LogP contribution in [0, 0.1) is 0 Å². The normalized spacial score (nSPS) is 16.3. The molecule has 6 heavy (non-hydrogen) atoms. The van der Waals surface area contributed by atoms with E-state index in [0.717, 1.165) is 0 Å². The summed E-state index contributed by atoms with van der Waals surface area (Å²) in [5.41, 5.74) is 0. The van der Waals surface area contributed by atoms with E-state index < -0.39 is 32.9 Å². The fourth-order valence-corrected chi connectivity index (χ4v) is 1.94. The molecular weight excluding hydrogens is 211 g/mol. The zero-order valence-electron chi connectivity index (χ0n) is 3.34. The van der Waals surface area contributed by atoms with Gasteiger partial charge in [0, 0.05) is 0 Å². The summed E-state index contributed by atoms with van der Waals surface area (Å²) in [6.07, 6.45) is 0. The first kappa shape index (κ1) is 6.87. The number of hydrogen-bond donors (Lipinski definition) is 0. The summed E-state index contributed by atoms with van der Waals surface area (Å²) in [5, 5.41) is 0. The van der Waals surface area contributed by atoms with Crippen molar-refractivity contribution >= 4 is 32.9 Å². The molecule has 0 spiro atoms. The van der Waals surface area contributed by atoms with Crippen molar-refractivity contribution < 1.29 is 11.3 Å². The third-order valence-corrected chi connectivity index (χ3v) is 4.31. The molecule has 0 aliphatic heterocycles. The zero-order chi connectivity index (χ0) is 4.99. The maximum atomic E-state index is 9.43. The van der Waals surface area contributed by atoms with Crippen molar-refractivity contribution in [2.75, 3.05) is 0 Å². The summed E-state index contributed by atoms with van der Waals surface area (Å²) in [5.74, 6) is 0. The Balaban J connectivity index is 2.83. The van der Waals surface area contributed by atoms with Crippen molar-refractivity contribution in [3.63, 3.8) is 0 Å². The van der Waals surface area contributed by atoms with E-state index in [0.29, 0.717) is 0 Å². The van der Waals surface area contributed by atoms with Crippen LogP contribution in [0.15, 0.2) is 0 Å². The average molecular weight is 216 g/mol. The molecule has 0 N–H and O–H groups in total. The molecule has 0 rings (SSSR count). The van der Waals surface area contributed by atoms with E-state index in [1.54, 1.807) is 0 Å². The van der Waals surface area contributed by atoms with Crippen LogP contribution in [0.25, 0.3) is 0 Å². The second kappa shape index (κ2) is 4.04. The van der Waals surface area contributed by atoms with Gasteiger partial charge in [-0.2, -0.15) is 0 Å². The molecule has 0 aliphatic carbocycles. The van der Waals surface area contributed by atoms with Gasteiger partial charge in [-0.3, -0.25) is 0 Å². The van der Waals surface area contributed by atoms with Gasteiger partial charge < -0.3 is 0 Å². The van der Waals surface area contributed by atoms with Crippen LogP contribution >= 0.6 is 0 Å². The Bertz CT molecular complexity index is 54.8. The molecule has 0 saturated carbocycles. The van der Waals surface area contributed by atoms with Gasteiger partial charge in [0.1, 0.15) is 0 Å². The molecule has 0 saturated heterocycles. The Morgan fingerprint density at radius 1 is 2.00 bits per heavy atom. The molecule has 0 radical (unpaired) electrons. The zero-order valence-corrected chi connectivity index (χ0v) is 8.19. The van der Waals surface area contributed by atoms with Crippen LogP contribution in [0.4, 0.5) is 0 Å². The minimum absolute atomic E-state index is 1.24. The Labute approximate surface area is 49.3 Å². The van der Waals surface area contributed by atoms with E-state index in [9.17, 15) is 8.76 Å². The topological polar surface area (TPSA) is 49.4 Å². The molecule has 0 aliphatic rings. The van der Waals surface area contributed by atoms with Crippen LogP contribution in [0.3, 0.4) is 0 Å². The van der Waals surface area contributed by atoms with Crippen LogP contribution < -0.4 is 0 Å². The van der Waals surface area contributed by atoms with E-state index in [1.165, 1.54) is 0 Å². The Kier molecular flexibility index (Phi) is 4.62. The second-order valence-electron chi connectivity index (χ2n) is 0.611. The van der Waals surface area contributed by atoms with Crippen molar-refractivity contribution in [3.8, 4) is 0 Å². The molecule has 1 atom stereocenters. The van der Waals surface area contributed by atoms with Gasteiger partial charge in [-0.05, 0) is 0 Å². The predicted molar refractivity (Wildman–Crippen MR) is 24.4 cm³/mol. The quantitative estimate of drug-likeness (QED) is 0.436. The van der Waals surface area contributed by atoms with Gasteiger partial charge in [-0.15, -0.1) is 0 Å². The van der Waals surface area contributed by atoms with Crippen LogP contribution in [0.1, 0.15) is 0 Å². The summed E-state index contributed by atoms with van der Waals surface area (Å²) >= 11 is -3.46. The van der Waals surface area contributed by atoms with Crippen LogP contribution in [-0.4, -0.2) is 30.3 Å². The third-order valence-electron chi connectivity index (χ3n) is 0.214. The van der Waals surface area contributed by atoms with E-state index in [2.05, 4.69) is 2.52 Å². The van der Waals surface area contributed by atoms with Crippen LogP contribution in [0.5, 0.6) is 0 Å². The van der Waals surface area contributed by atoms with E-state index >= 15 is 0 Å². The summed E-state index contributed by atoms with van der Waals surface area (Å²) in [7, 11) is 0. The standard InChI is InChI=1S/CH3.H2O3S.Sn.2H/c;1-4(2)3;;;/h1H3;(H2,1,2,3);;;/q;;+1;;/p-2. The molecular formula is CH5O3SSn-. The first-order valence-electron chi connectivity index (χ1n) is 1.50. The summed E-state index contributed by atoms with van der Waals surface area (Å²) in [6, 6.07) is 0. The molecule has 0 fully saturated rings.